The van der Waals surface area contributed by atoms with E-state index in [-0.39, 0.29) is 11.8 Å². The van der Waals surface area contributed by atoms with E-state index < -0.39 is 9.84 Å². The number of aromatic nitrogens is 2. The highest BCUT2D eigenvalue weighted by Crippen LogP contribution is 2.16. The first-order valence-corrected chi connectivity index (χ1v) is 6.83. The van der Waals surface area contributed by atoms with Crippen LogP contribution in [-0.2, 0) is 16.9 Å². The van der Waals surface area contributed by atoms with Crippen molar-refractivity contribution in [3.63, 3.8) is 0 Å². The highest BCUT2D eigenvalue weighted by atomic mass is 32.2. The van der Waals surface area contributed by atoms with Crippen LogP contribution in [0, 0.1) is 0 Å². The standard InChI is InChI=1S/C9H15N3O2S/c1-12-6-9(5-10-12)11-8-3-2-4-15(13,14)7-8/h5-6,8,11H,2-4,7H2,1H3. The monoisotopic (exact) mass is 229 g/mol. The number of anilines is 1. The second-order valence-electron chi connectivity index (χ2n) is 4.00. The molecule has 2 heterocycles. The lowest BCUT2D eigenvalue weighted by atomic mass is 10.2. The molecule has 84 valence electrons. The molecule has 0 aromatic carbocycles. The fourth-order valence-corrected chi connectivity index (χ4v) is 3.50. The van der Waals surface area contributed by atoms with Crippen molar-refractivity contribution in [1.82, 2.24) is 9.78 Å². The number of hydrogen-bond acceptors (Lipinski definition) is 4. The van der Waals surface area contributed by atoms with Crippen LogP contribution < -0.4 is 5.32 Å². The molecule has 1 unspecified atom stereocenters. The summed E-state index contributed by atoms with van der Waals surface area (Å²) in [4.78, 5) is 0. The predicted octanol–water partition coefficient (Wildman–Crippen LogP) is 0.409. The number of hydrogen-bond donors (Lipinski definition) is 1. The summed E-state index contributed by atoms with van der Waals surface area (Å²) in [5.74, 6) is 0.570. The van der Waals surface area contributed by atoms with Crippen LogP contribution >= 0.6 is 0 Å². The van der Waals surface area contributed by atoms with Gasteiger partial charge in [0.1, 0.15) is 0 Å². The average molecular weight is 229 g/mol. The molecular weight excluding hydrogens is 214 g/mol. The third-order valence-corrected chi connectivity index (χ3v) is 4.36. The SMILES string of the molecule is Cn1cc(NC2CCCS(=O)(=O)C2)cn1. The van der Waals surface area contributed by atoms with Gasteiger partial charge in [-0.05, 0) is 12.8 Å². The molecular formula is C9H15N3O2S. The van der Waals surface area contributed by atoms with E-state index in [1.807, 2.05) is 13.2 Å². The van der Waals surface area contributed by atoms with E-state index >= 15 is 0 Å². The first-order chi connectivity index (χ1) is 7.05. The molecule has 0 amide bonds. The summed E-state index contributed by atoms with van der Waals surface area (Å²) in [7, 11) is -0.999. The van der Waals surface area contributed by atoms with Gasteiger partial charge in [0.2, 0.25) is 0 Å². The van der Waals surface area contributed by atoms with Crippen LogP contribution in [0.5, 0.6) is 0 Å². The lowest BCUT2D eigenvalue weighted by Gasteiger charge is -2.23. The summed E-state index contributed by atoms with van der Waals surface area (Å²) in [6.07, 6.45) is 5.22. The molecule has 1 saturated heterocycles. The highest BCUT2D eigenvalue weighted by molar-refractivity contribution is 7.91. The van der Waals surface area contributed by atoms with Crippen LogP contribution in [-0.4, -0.2) is 35.7 Å². The van der Waals surface area contributed by atoms with Gasteiger partial charge in [-0.25, -0.2) is 8.42 Å². The quantitative estimate of drug-likeness (QED) is 0.797. The molecule has 2 rings (SSSR count). The van der Waals surface area contributed by atoms with Crippen molar-refractivity contribution >= 4 is 15.5 Å². The molecule has 0 radical (unpaired) electrons. The second-order valence-corrected chi connectivity index (χ2v) is 6.23. The third-order valence-electron chi connectivity index (χ3n) is 2.54. The third kappa shape index (κ3) is 2.71. The fraction of sp³-hybridized carbons (Fsp3) is 0.667. The molecule has 1 aliphatic rings. The van der Waals surface area contributed by atoms with Crippen molar-refractivity contribution in [2.24, 2.45) is 7.05 Å². The number of aryl methyl sites for hydroxylation is 1. The van der Waals surface area contributed by atoms with E-state index in [1.54, 1.807) is 10.9 Å². The molecule has 1 fully saturated rings. The van der Waals surface area contributed by atoms with Gasteiger partial charge >= 0.3 is 0 Å². The minimum absolute atomic E-state index is 0.0351. The van der Waals surface area contributed by atoms with Crippen LogP contribution in [0.15, 0.2) is 12.4 Å². The average Bonchev–Trinajstić information content (AvgIpc) is 2.49. The Morgan fingerprint density at radius 1 is 1.60 bits per heavy atom. The van der Waals surface area contributed by atoms with Gasteiger partial charge in [-0.2, -0.15) is 5.10 Å². The Morgan fingerprint density at radius 3 is 3.00 bits per heavy atom. The molecule has 1 N–H and O–H groups in total. The second kappa shape index (κ2) is 3.84. The Hall–Kier alpha value is -1.04. The molecule has 1 aromatic rings. The maximum atomic E-state index is 11.4. The normalized spacial score (nSPS) is 25.0. The molecule has 0 aliphatic carbocycles. The van der Waals surface area contributed by atoms with Crippen molar-refractivity contribution in [3.05, 3.63) is 12.4 Å². The van der Waals surface area contributed by atoms with Crippen LogP contribution in [0.25, 0.3) is 0 Å². The minimum Gasteiger partial charge on any atom is -0.379 e. The first-order valence-electron chi connectivity index (χ1n) is 5.01. The van der Waals surface area contributed by atoms with E-state index in [1.165, 1.54) is 0 Å². The van der Waals surface area contributed by atoms with E-state index in [0.717, 1.165) is 18.5 Å². The zero-order valence-electron chi connectivity index (χ0n) is 8.68. The summed E-state index contributed by atoms with van der Waals surface area (Å²) >= 11 is 0. The summed E-state index contributed by atoms with van der Waals surface area (Å²) in [6.45, 7) is 0. The number of nitrogens with zero attached hydrogens (tertiary/aromatic N) is 2. The van der Waals surface area contributed by atoms with Gasteiger partial charge in [0.05, 0.1) is 23.4 Å². The molecule has 0 saturated carbocycles. The predicted molar refractivity (Wildman–Crippen MR) is 58.5 cm³/mol. The van der Waals surface area contributed by atoms with E-state index in [4.69, 9.17) is 0 Å². The Morgan fingerprint density at radius 2 is 2.40 bits per heavy atom. The molecule has 5 nitrogen and oxygen atoms in total. The smallest absolute Gasteiger partial charge is 0.152 e. The van der Waals surface area contributed by atoms with Crippen molar-refractivity contribution in [3.8, 4) is 0 Å². The van der Waals surface area contributed by atoms with Gasteiger partial charge in [-0.15, -0.1) is 0 Å². The Labute approximate surface area is 89.4 Å². The molecule has 6 heteroatoms. The molecule has 15 heavy (non-hydrogen) atoms. The molecule has 0 spiro atoms. The molecule has 1 aliphatic heterocycles. The van der Waals surface area contributed by atoms with Crippen molar-refractivity contribution in [1.29, 1.82) is 0 Å². The van der Waals surface area contributed by atoms with Gasteiger partial charge in [-0.3, -0.25) is 4.68 Å². The maximum absolute atomic E-state index is 11.4. The molecule has 1 aromatic heterocycles. The lowest BCUT2D eigenvalue weighted by molar-refractivity contribution is 0.562. The summed E-state index contributed by atoms with van der Waals surface area (Å²) in [5, 5.41) is 7.22. The van der Waals surface area contributed by atoms with Gasteiger partial charge in [0, 0.05) is 19.3 Å². The van der Waals surface area contributed by atoms with Crippen LogP contribution in [0.2, 0.25) is 0 Å². The van der Waals surface area contributed by atoms with Crippen molar-refractivity contribution in [2.75, 3.05) is 16.8 Å². The van der Waals surface area contributed by atoms with Gasteiger partial charge < -0.3 is 5.32 Å². The van der Waals surface area contributed by atoms with Crippen molar-refractivity contribution in [2.45, 2.75) is 18.9 Å². The van der Waals surface area contributed by atoms with E-state index in [2.05, 4.69) is 10.4 Å². The first kappa shape index (κ1) is 10.5. The Kier molecular flexibility index (Phi) is 2.68. The van der Waals surface area contributed by atoms with Gasteiger partial charge in [-0.1, -0.05) is 0 Å². The fourth-order valence-electron chi connectivity index (χ4n) is 1.87. The van der Waals surface area contributed by atoms with Crippen LogP contribution in [0.3, 0.4) is 0 Å². The number of nitrogens with one attached hydrogen (secondary N) is 1. The number of sulfone groups is 1. The topological polar surface area (TPSA) is 64.0 Å². The Balaban J connectivity index is 2.01. The zero-order valence-corrected chi connectivity index (χ0v) is 9.50. The minimum atomic E-state index is -2.83. The highest BCUT2D eigenvalue weighted by Gasteiger charge is 2.24. The van der Waals surface area contributed by atoms with E-state index in [0.29, 0.717) is 5.75 Å². The van der Waals surface area contributed by atoms with Crippen molar-refractivity contribution < 1.29 is 8.42 Å². The van der Waals surface area contributed by atoms with Crippen LogP contribution in [0.1, 0.15) is 12.8 Å². The summed E-state index contributed by atoms with van der Waals surface area (Å²) in [6, 6.07) is 0.0351. The maximum Gasteiger partial charge on any atom is 0.152 e. The summed E-state index contributed by atoms with van der Waals surface area (Å²) < 4.78 is 24.5. The molecule has 0 bridgehead atoms. The molecule has 1 atom stereocenters. The Bertz CT molecular complexity index is 438. The zero-order chi connectivity index (χ0) is 10.9. The lowest BCUT2D eigenvalue weighted by Crippen LogP contribution is -2.34. The van der Waals surface area contributed by atoms with E-state index in [9.17, 15) is 8.42 Å². The van der Waals surface area contributed by atoms with Gasteiger partial charge in [0.25, 0.3) is 0 Å². The van der Waals surface area contributed by atoms with Gasteiger partial charge in [0.15, 0.2) is 9.84 Å². The largest absolute Gasteiger partial charge is 0.379 e. The number of rotatable bonds is 2. The summed E-state index contributed by atoms with van der Waals surface area (Å²) in [5.41, 5.74) is 0.889. The van der Waals surface area contributed by atoms with Crippen LogP contribution in [0.4, 0.5) is 5.69 Å².